The van der Waals surface area contributed by atoms with Gasteiger partial charge in [-0.15, -0.1) is 0 Å². The quantitative estimate of drug-likeness (QED) is 0.804. The van der Waals surface area contributed by atoms with Crippen molar-refractivity contribution in [1.29, 1.82) is 0 Å². The summed E-state index contributed by atoms with van der Waals surface area (Å²) in [6.45, 7) is 1.79. The highest BCUT2D eigenvalue weighted by Crippen LogP contribution is 2.23. The van der Waals surface area contributed by atoms with Gasteiger partial charge in [0.25, 0.3) is 0 Å². The highest BCUT2D eigenvalue weighted by atomic mass is 32.2. The monoisotopic (exact) mass is 366 g/mol. The number of hydrogen-bond donors (Lipinski definition) is 2. The summed E-state index contributed by atoms with van der Waals surface area (Å²) in [4.78, 5) is 24.4. The molecule has 2 N–H and O–H groups in total. The fourth-order valence-electron chi connectivity index (χ4n) is 3.10. The second-order valence-corrected chi connectivity index (χ2v) is 8.73. The van der Waals surface area contributed by atoms with Gasteiger partial charge in [-0.05, 0) is 37.5 Å². The molecule has 1 aliphatic rings. The second-order valence-electron chi connectivity index (χ2n) is 6.74. The maximum absolute atomic E-state index is 12.2. The Balaban J connectivity index is 2.06. The molecular weight excluding hydrogens is 340 g/mol. The van der Waals surface area contributed by atoms with Crippen molar-refractivity contribution in [1.82, 2.24) is 5.32 Å². The zero-order valence-electron chi connectivity index (χ0n) is 14.8. The van der Waals surface area contributed by atoms with Crippen LogP contribution in [0.15, 0.2) is 23.1 Å². The van der Waals surface area contributed by atoms with Crippen molar-refractivity contribution in [3.8, 4) is 0 Å². The van der Waals surface area contributed by atoms with Crippen LogP contribution in [-0.4, -0.2) is 32.5 Å². The van der Waals surface area contributed by atoms with Crippen molar-refractivity contribution in [2.75, 3.05) is 11.6 Å². The van der Waals surface area contributed by atoms with Crippen molar-refractivity contribution in [2.24, 2.45) is 0 Å². The van der Waals surface area contributed by atoms with Crippen molar-refractivity contribution in [3.05, 3.63) is 23.8 Å². The van der Waals surface area contributed by atoms with Crippen molar-refractivity contribution in [3.63, 3.8) is 0 Å². The number of benzene rings is 1. The normalized spacial score (nSPS) is 16.6. The molecular formula is C18H26N2O4S. The lowest BCUT2D eigenvalue weighted by Gasteiger charge is -2.20. The lowest BCUT2D eigenvalue weighted by atomic mass is 9.97. The van der Waals surface area contributed by atoms with Gasteiger partial charge < -0.3 is 10.6 Å². The molecule has 0 aliphatic heterocycles. The maximum atomic E-state index is 12.2. The molecule has 1 saturated carbocycles. The summed E-state index contributed by atoms with van der Waals surface area (Å²) in [5, 5.41) is 5.22. The van der Waals surface area contributed by atoms with Crippen LogP contribution in [0, 0.1) is 6.92 Å². The highest BCUT2D eigenvalue weighted by Gasteiger charge is 2.22. The Labute approximate surface area is 149 Å². The van der Waals surface area contributed by atoms with Crippen LogP contribution < -0.4 is 10.6 Å². The van der Waals surface area contributed by atoms with E-state index in [2.05, 4.69) is 10.6 Å². The first-order valence-electron chi connectivity index (χ1n) is 8.70. The average Bonchev–Trinajstić information content (AvgIpc) is 2.48. The van der Waals surface area contributed by atoms with E-state index in [0.717, 1.165) is 50.3 Å². The maximum Gasteiger partial charge on any atom is 0.313 e. The molecule has 1 aromatic carbocycles. The largest absolute Gasteiger partial charge is 0.345 e. The second kappa shape index (κ2) is 8.47. The number of anilines is 1. The van der Waals surface area contributed by atoms with Crippen LogP contribution in [-0.2, 0) is 19.4 Å². The van der Waals surface area contributed by atoms with Crippen LogP contribution >= 0.6 is 0 Å². The van der Waals surface area contributed by atoms with Gasteiger partial charge >= 0.3 is 11.8 Å². The van der Waals surface area contributed by atoms with Gasteiger partial charge in [0.15, 0.2) is 9.84 Å². The summed E-state index contributed by atoms with van der Waals surface area (Å²) >= 11 is 0. The van der Waals surface area contributed by atoms with Crippen LogP contribution in [0.4, 0.5) is 5.69 Å². The number of sulfone groups is 1. The van der Waals surface area contributed by atoms with Gasteiger partial charge in [0.05, 0.1) is 10.6 Å². The number of aryl methyl sites for hydroxylation is 1. The average molecular weight is 366 g/mol. The smallest absolute Gasteiger partial charge is 0.313 e. The standard InChI is InChI=1S/C18H26N2O4S/c1-13-10-11-16(25(2,23)24)15(12-13)20-18(22)17(21)19-14-8-6-4-3-5-7-9-14/h10-12,14H,3-9H2,1-2H3,(H,19,21)(H,20,22). The third-order valence-corrected chi connectivity index (χ3v) is 5.58. The third-order valence-electron chi connectivity index (χ3n) is 4.43. The number of amides is 2. The van der Waals surface area contributed by atoms with Crippen molar-refractivity contribution >= 4 is 27.3 Å². The summed E-state index contributed by atoms with van der Waals surface area (Å²) in [5.74, 6) is -1.55. The first-order valence-corrected chi connectivity index (χ1v) is 10.6. The lowest BCUT2D eigenvalue weighted by Crippen LogP contribution is -2.42. The molecule has 6 nitrogen and oxygen atoms in total. The van der Waals surface area contributed by atoms with Crippen LogP contribution in [0.25, 0.3) is 0 Å². The number of rotatable bonds is 3. The molecule has 2 amide bonds. The summed E-state index contributed by atoms with van der Waals surface area (Å²) in [6.07, 6.45) is 8.44. The zero-order chi connectivity index (χ0) is 18.4. The Hall–Kier alpha value is -1.89. The predicted octanol–water partition coefficient (Wildman–Crippen LogP) is 2.57. The molecule has 1 aromatic rings. The van der Waals surface area contributed by atoms with Crippen LogP contribution in [0.3, 0.4) is 0 Å². The minimum Gasteiger partial charge on any atom is -0.345 e. The van der Waals surface area contributed by atoms with Gasteiger partial charge in [-0.3, -0.25) is 9.59 Å². The number of carbonyl (C=O) groups excluding carboxylic acids is 2. The SMILES string of the molecule is Cc1ccc(S(C)(=O)=O)c(NC(=O)C(=O)NC2CCCCCCC2)c1. The molecule has 1 fully saturated rings. The van der Waals surface area contributed by atoms with Gasteiger partial charge in [0.2, 0.25) is 0 Å². The Bertz CT molecular complexity index is 735. The van der Waals surface area contributed by atoms with E-state index >= 15 is 0 Å². The van der Waals surface area contributed by atoms with E-state index in [0.29, 0.717) is 0 Å². The molecule has 0 saturated heterocycles. The van der Waals surface area contributed by atoms with E-state index in [-0.39, 0.29) is 16.6 Å². The van der Waals surface area contributed by atoms with Gasteiger partial charge in [-0.25, -0.2) is 8.42 Å². The van der Waals surface area contributed by atoms with Crippen LogP contribution in [0.2, 0.25) is 0 Å². The minimum absolute atomic E-state index is 0.00482. The molecule has 0 spiro atoms. The fourth-order valence-corrected chi connectivity index (χ4v) is 3.92. The molecule has 0 bridgehead atoms. The van der Waals surface area contributed by atoms with E-state index in [4.69, 9.17) is 0 Å². The summed E-state index contributed by atoms with van der Waals surface area (Å²) in [7, 11) is -3.50. The van der Waals surface area contributed by atoms with Crippen molar-refractivity contribution in [2.45, 2.75) is 62.8 Å². The Kier molecular flexibility index (Phi) is 6.58. The highest BCUT2D eigenvalue weighted by molar-refractivity contribution is 7.90. The number of carbonyl (C=O) groups is 2. The predicted molar refractivity (Wildman–Crippen MR) is 97.2 cm³/mol. The molecule has 7 heteroatoms. The Morgan fingerprint density at radius 1 is 1.00 bits per heavy atom. The number of nitrogens with one attached hydrogen (secondary N) is 2. The summed E-state index contributed by atoms with van der Waals surface area (Å²) in [6, 6.07) is 4.65. The van der Waals surface area contributed by atoms with Gasteiger partial charge in [-0.2, -0.15) is 0 Å². The molecule has 1 aliphatic carbocycles. The minimum atomic E-state index is -3.50. The molecule has 0 radical (unpaired) electrons. The van der Waals surface area contributed by atoms with Crippen LogP contribution in [0.1, 0.15) is 50.5 Å². The molecule has 0 aromatic heterocycles. The van der Waals surface area contributed by atoms with E-state index in [1.54, 1.807) is 19.1 Å². The number of hydrogen-bond acceptors (Lipinski definition) is 4. The summed E-state index contributed by atoms with van der Waals surface area (Å²) in [5.41, 5.74) is 0.934. The Morgan fingerprint density at radius 2 is 1.60 bits per heavy atom. The fraction of sp³-hybridized carbons (Fsp3) is 0.556. The first kappa shape index (κ1) is 19.4. The van der Waals surface area contributed by atoms with Crippen molar-refractivity contribution < 1.29 is 18.0 Å². The Morgan fingerprint density at radius 3 is 2.20 bits per heavy atom. The van der Waals surface area contributed by atoms with Gasteiger partial charge in [-0.1, -0.05) is 38.2 Å². The van der Waals surface area contributed by atoms with E-state index in [9.17, 15) is 18.0 Å². The topological polar surface area (TPSA) is 92.3 Å². The summed E-state index contributed by atoms with van der Waals surface area (Å²) < 4.78 is 23.7. The molecule has 0 atom stereocenters. The molecule has 25 heavy (non-hydrogen) atoms. The molecule has 138 valence electrons. The molecule has 2 rings (SSSR count). The van der Waals surface area contributed by atoms with Gasteiger partial charge in [0.1, 0.15) is 0 Å². The van der Waals surface area contributed by atoms with E-state index in [1.807, 2.05) is 0 Å². The van der Waals surface area contributed by atoms with Gasteiger partial charge in [0, 0.05) is 12.3 Å². The zero-order valence-corrected chi connectivity index (χ0v) is 15.6. The molecule has 0 heterocycles. The lowest BCUT2D eigenvalue weighted by molar-refractivity contribution is -0.136. The van der Waals surface area contributed by atoms with E-state index < -0.39 is 21.7 Å². The first-order chi connectivity index (χ1) is 11.8. The molecule has 0 unspecified atom stereocenters. The van der Waals surface area contributed by atoms with E-state index in [1.165, 1.54) is 12.5 Å². The van der Waals surface area contributed by atoms with Crippen LogP contribution in [0.5, 0.6) is 0 Å². The third kappa shape index (κ3) is 5.85.